The number of allylic oxidation sites excluding steroid dienone is 8. The molecule has 0 bridgehead atoms. The molecule has 2 aliphatic rings. The number of nitrogens with zero attached hydrogens (tertiary/aromatic N) is 1. The molecule has 18 heavy (non-hydrogen) atoms. The summed E-state index contributed by atoms with van der Waals surface area (Å²) in [4.78, 5) is 10.4. The van der Waals surface area contributed by atoms with Crippen LogP contribution in [0.1, 0.15) is 13.8 Å². The highest BCUT2D eigenvalue weighted by molar-refractivity contribution is 5.59. The van der Waals surface area contributed by atoms with Crippen molar-refractivity contribution in [1.29, 1.82) is 0 Å². The number of hydrogen-bond acceptors (Lipinski definition) is 2. The summed E-state index contributed by atoms with van der Waals surface area (Å²) in [5.41, 5.74) is 7.73. The summed E-state index contributed by atoms with van der Waals surface area (Å²) in [5, 5.41) is 3.00. The third-order valence-electron chi connectivity index (χ3n) is 3.55. The Labute approximate surface area is 108 Å². The van der Waals surface area contributed by atoms with Crippen LogP contribution in [0, 0.1) is 16.7 Å². The maximum Gasteiger partial charge on any atom is 0.0845 e. The van der Waals surface area contributed by atoms with Crippen molar-refractivity contribution in [3.05, 3.63) is 69.9 Å². The van der Waals surface area contributed by atoms with Crippen LogP contribution in [0.15, 0.2) is 70.2 Å². The van der Waals surface area contributed by atoms with E-state index in [1.807, 2.05) is 26.0 Å². The summed E-state index contributed by atoms with van der Waals surface area (Å²) in [7, 11) is 0. The summed E-state index contributed by atoms with van der Waals surface area (Å²) < 4.78 is 0. The zero-order valence-corrected chi connectivity index (χ0v) is 10.8. The Bertz CT molecular complexity index is 539. The van der Waals surface area contributed by atoms with E-state index in [4.69, 9.17) is 0 Å². The molecule has 0 amide bonds. The van der Waals surface area contributed by atoms with E-state index in [-0.39, 0.29) is 11.8 Å². The smallest absolute Gasteiger partial charge is 0.0845 e. The molecule has 0 radical (unpaired) electrons. The van der Waals surface area contributed by atoms with E-state index in [2.05, 4.69) is 35.7 Å². The Kier molecular flexibility index (Phi) is 3.59. The SMILES string of the molecule is C=C1C2=C(C=CC1C(C)CN=O)C(C)=C=CC=C2. The van der Waals surface area contributed by atoms with Crippen LogP contribution in [0.4, 0.5) is 0 Å². The Morgan fingerprint density at radius 1 is 1.44 bits per heavy atom. The van der Waals surface area contributed by atoms with E-state index in [0.29, 0.717) is 6.54 Å². The highest BCUT2D eigenvalue weighted by atomic mass is 16.3. The third-order valence-corrected chi connectivity index (χ3v) is 3.55. The lowest BCUT2D eigenvalue weighted by atomic mass is 9.77. The van der Waals surface area contributed by atoms with Crippen LogP contribution < -0.4 is 0 Å². The Morgan fingerprint density at radius 2 is 2.22 bits per heavy atom. The molecule has 0 saturated carbocycles. The van der Waals surface area contributed by atoms with Crippen LogP contribution in [-0.2, 0) is 0 Å². The molecule has 2 nitrogen and oxygen atoms in total. The summed E-state index contributed by atoms with van der Waals surface area (Å²) >= 11 is 0. The first-order chi connectivity index (χ1) is 8.65. The predicted molar refractivity (Wildman–Crippen MR) is 75.0 cm³/mol. The van der Waals surface area contributed by atoms with Gasteiger partial charge >= 0.3 is 0 Å². The first-order valence-corrected chi connectivity index (χ1v) is 6.16. The molecule has 2 rings (SSSR count). The molecule has 0 aromatic carbocycles. The quantitative estimate of drug-likeness (QED) is 0.538. The van der Waals surface area contributed by atoms with Gasteiger partial charge in [0.15, 0.2) is 0 Å². The fourth-order valence-electron chi connectivity index (χ4n) is 2.44. The lowest BCUT2D eigenvalue weighted by Gasteiger charge is -2.27. The largest absolute Gasteiger partial charge is 0.151 e. The van der Waals surface area contributed by atoms with Gasteiger partial charge in [0.05, 0.1) is 6.54 Å². The third kappa shape index (κ3) is 2.20. The Morgan fingerprint density at radius 3 is 2.94 bits per heavy atom. The summed E-state index contributed by atoms with van der Waals surface area (Å²) in [6.07, 6.45) is 10.2. The summed E-state index contributed by atoms with van der Waals surface area (Å²) in [5.74, 6) is 0.381. The zero-order chi connectivity index (χ0) is 13.1. The van der Waals surface area contributed by atoms with E-state index in [1.54, 1.807) is 0 Å². The van der Waals surface area contributed by atoms with E-state index in [0.717, 1.165) is 16.7 Å². The van der Waals surface area contributed by atoms with Gasteiger partial charge in [-0.2, -0.15) is 4.91 Å². The van der Waals surface area contributed by atoms with Gasteiger partial charge in [-0.3, -0.25) is 0 Å². The van der Waals surface area contributed by atoms with Crippen LogP contribution in [0.5, 0.6) is 0 Å². The maximum absolute atomic E-state index is 10.4. The van der Waals surface area contributed by atoms with Crippen LogP contribution in [0.2, 0.25) is 0 Å². The van der Waals surface area contributed by atoms with E-state index in [9.17, 15) is 4.91 Å². The van der Waals surface area contributed by atoms with Gasteiger partial charge in [0, 0.05) is 5.92 Å². The molecule has 92 valence electrons. The molecular formula is C16H17NO. The maximum atomic E-state index is 10.4. The molecule has 0 aromatic heterocycles. The first-order valence-electron chi connectivity index (χ1n) is 6.16. The van der Waals surface area contributed by atoms with E-state index >= 15 is 0 Å². The molecule has 0 aromatic rings. The number of hydrogen-bond donors (Lipinski definition) is 0. The van der Waals surface area contributed by atoms with E-state index < -0.39 is 0 Å². The molecular weight excluding hydrogens is 222 g/mol. The second-order valence-corrected chi connectivity index (χ2v) is 4.82. The topological polar surface area (TPSA) is 29.4 Å². The predicted octanol–water partition coefficient (Wildman–Crippen LogP) is 4.10. The van der Waals surface area contributed by atoms with Gasteiger partial charge in [-0.25, -0.2) is 0 Å². The molecule has 2 aliphatic carbocycles. The van der Waals surface area contributed by atoms with Crippen molar-refractivity contribution in [3.63, 3.8) is 0 Å². The van der Waals surface area contributed by atoms with Crippen molar-refractivity contribution in [2.45, 2.75) is 13.8 Å². The van der Waals surface area contributed by atoms with Crippen LogP contribution in [0.3, 0.4) is 0 Å². The highest BCUT2D eigenvalue weighted by Gasteiger charge is 2.24. The monoisotopic (exact) mass is 239 g/mol. The highest BCUT2D eigenvalue weighted by Crippen LogP contribution is 2.36. The van der Waals surface area contributed by atoms with Crippen molar-refractivity contribution < 1.29 is 0 Å². The molecule has 0 heterocycles. The van der Waals surface area contributed by atoms with Crippen LogP contribution in [0.25, 0.3) is 0 Å². The van der Waals surface area contributed by atoms with Gasteiger partial charge in [-0.05, 0) is 41.2 Å². The molecule has 0 fully saturated rings. The average molecular weight is 239 g/mol. The van der Waals surface area contributed by atoms with Crippen molar-refractivity contribution in [3.8, 4) is 0 Å². The van der Waals surface area contributed by atoms with Gasteiger partial charge in [-0.1, -0.05) is 43.0 Å². The molecule has 2 unspecified atom stereocenters. The lowest BCUT2D eigenvalue weighted by Crippen LogP contribution is -2.18. The van der Waals surface area contributed by atoms with Crippen LogP contribution in [-0.4, -0.2) is 6.54 Å². The average Bonchev–Trinajstić information content (AvgIpc) is 2.53. The molecule has 0 saturated heterocycles. The van der Waals surface area contributed by atoms with Gasteiger partial charge in [0.1, 0.15) is 0 Å². The van der Waals surface area contributed by atoms with Crippen molar-refractivity contribution in [2.24, 2.45) is 17.0 Å². The van der Waals surface area contributed by atoms with E-state index in [1.165, 1.54) is 5.57 Å². The normalized spacial score (nSPS) is 23.6. The minimum atomic E-state index is 0.189. The summed E-state index contributed by atoms with van der Waals surface area (Å²) in [6.45, 7) is 8.61. The van der Waals surface area contributed by atoms with Crippen molar-refractivity contribution >= 4 is 0 Å². The molecule has 0 N–H and O–H groups in total. The van der Waals surface area contributed by atoms with Gasteiger partial charge in [0.2, 0.25) is 0 Å². The van der Waals surface area contributed by atoms with Crippen LogP contribution >= 0.6 is 0 Å². The fraction of sp³-hybridized carbons (Fsp3) is 0.312. The Hall–Kier alpha value is -1.92. The molecule has 2 heteroatoms. The van der Waals surface area contributed by atoms with Gasteiger partial charge in [-0.15, -0.1) is 5.73 Å². The molecule has 2 atom stereocenters. The van der Waals surface area contributed by atoms with Gasteiger partial charge in [0.25, 0.3) is 0 Å². The zero-order valence-electron chi connectivity index (χ0n) is 10.8. The Balaban J connectivity index is 2.36. The first kappa shape index (κ1) is 12.5. The molecule has 0 spiro atoms. The minimum absolute atomic E-state index is 0.189. The standard InChI is InChI=1S/C16H17NO/c1-11-6-4-5-7-16-13(3)14(8-9-15(11)16)12(2)10-17-18/h4-5,7-9,12,14H,3,10H2,1-2H3. The summed E-state index contributed by atoms with van der Waals surface area (Å²) in [6, 6.07) is 0. The second-order valence-electron chi connectivity index (χ2n) is 4.82. The number of rotatable bonds is 3. The van der Waals surface area contributed by atoms with Crippen molar-refractivity contribution in [1.82, 2.24) is 0 Å². The van der Waals surface area contributed by atoms with Gasteiger partial charge < -0.3 is 0 Å². The second kappa shape index (κ2) is 5.16. The van der Waals surface area contributed by atoms with Crippen molar-refractivity contribution in [2.75, 3.05) is 6.54 Å². The minimum Gasteiger partial charge on any atom is -0.151 e. The molecule has 0 aliphatic heterocycles. The lowest BCUT2D eigenvalue weighted by molar-refractivity contribution is 0.493. The number of nitroso groups, excluding NO2 is 1. The fourth-order valence-corrected chi connectivity index (χ4v) is 2.44.